The molecule has 0 amide bonds. The van der Waals surface area contributed by atoms with E-state index in [2.05, 4.69) is 49.4 Å². The van der Waals surface area contributed by atoms with E-state index in [4.69, 9.17) is 19.2 Å². The molecule has 38 heavy (non-hydrogen) atoms. The van der Waals surface area contributed by atoms with Crippen LogP contribution in [0.3, 0.4) is 0 Å². The van der Waals surface area contributed by atoms with Crippen LogP contribution in [-0.2, 0) is 9.47 Å². The summed E-state index contributed by atoms with van der Waals surface area (Å²) < 4.78 is 16.8. The highest BCUT2D eigenvalue weighted by molar-refractivity contribution is 5.91. The van der Waals surface area contributed by atoms with Gasteiger partial charge >= 0.3 is 0 Å². The molecule has 2 aromatic heterocycles. The Kier molecular flexibility index (Phi) is 7.57. The summed E-state index contributed by atoms with van der Waals surface area (Å²) in [5.74, 6) is 1.38. The van der Waals surface area contributed by atoms with Crippen LogP contribution < -0.4 is 15.0 Å². The van der Waals surface area contributed by atoms with Crippen LogP contribution in [0, 0.1) is 0 Å². The Hall–Kier alpha value is -3.79. The number of fused-ring (bicyclic) bond motifs is 1. The minimum atomic E-state index is 0.536. The Balaban J connectivity index is 1.14. The maximum atomic E-state index is 5.97. The molecule has 2 saturated heterocycles. The highest BCUT2D eigenvalue weighted by Gasteiger charge is 2.13. The van der Waals surface area contributed by atoms with E-state index < -0.39 is 0 Å². The first-order valence-corrected chi connectivity index (χ1v) is 13.2. The van der Waals surface area contributed by atoms with E-state index in [9.17, 15) is 0 Å². The lowest BCUT2D eigenvalue weighted by Gasteiger charge is -2.28. The van der Waals surface area contributed by atoms with Gasteiger partial charge in [0.25, 0.3) is 0 Å². The van der Waals surface area contributed by atoms with Gasteiger partial charge in [-0.25, -0.2) is 9.97 Å². The molecular formula is C29H32N6O3. The number of aromatic nitrogens is 3. The van der Waals surface area contributed by atoms with Gasteiger partial charge in [0.15, 0.2) is 0 Å². The molecule has 0 atom stereocenters. The van der Waals surface area contributed by atoms with Crippen molar-refractivity contribution in [1.82, 2.24) is 19.9 Å². The Bertz CT molecular complexity index is 1340. The van der Waals surface area contributed by atoms with E-state index in [0.29, 0.717) is 12.6 Å². The van der Waals surface area contributed by atoms with Gasteiger partial charge in [0.2, 0.25) is 5.95 Å². The van der Waals surface area contributed by atoms with Gasteiger partial charge in [-0.15, -0.1) is 0 Å². The molecule has 0 aliphatic carbocycles. The summed E-state index contributed by atoms with van der Waals surface area (Å²) in [4.78, 5) is 18.7. The van der Waals surface area contributed by atoms with Crippen molar-refractivity contribution in [2.24, 2.45) is 0 Å². The van der Waals surface area contributed by atoms with Gasteiger partial charge in [-0.3, -0.25) is 9.88 Å². The molecule has 0 radical (unpaired) electrons. The first-order chi connectivity index (χ1) is 18.8. The van der Waals surface area contributed by atoms with Gasteiger partial charge in [-0.05, 0) is 54.6 Å². The smallest absolute Gasteiger partial charge is 0.227 e. The quantitative estimate of drug-likeness (QED) is 0.377. The van der Waals surface area contributed by atoms with E-state index in [-0.39, 0.29) is 0 Å². The average Bonchev–Trinajstić information content (AvgIpc) is 2.99. The van der Waals surface area contributed by atoms with Gasteiger partial charge in [0, 0.05) is 67.4 Å². The summed E-state index contributed by atoms with van der Waals surface area (Å²) in [6.45, 7) is 8.46. The third-order valence-electron chi connectivity index (χ3n) is 6.91. The normalized spacial score (nSPS) is 16.5. The van der Waals surface area contributed by atoms with Crippen LogP contribution in [0.1, 0.15) is 0 Å². The van der Waals surface area contributed by atoms with Crippen molar-refractivity contribution in [1.29, 1.82) is 0 Å². The number of pyridine rings is 1. The lowest BCUT2D eigenvalue weighted by molar-refractivity contribution is 0.0322. The number of morpholine rings is 2. The molecule has 2 aliphatic heterocycles. The summed E-state index contributed by atoms with van der Waals surface area (Å²) in [6.07, 6.45) is 3.63. The van der Waals surface area contributed by atoms with Gasteiger partial charge < -0.3 is 24.4 Å². The fraction of sp³-hybridized carbons (Fsp3) is 0.345. The Morgan fingerprint density at radius 3 is 2.32 bits per heavy atom. The van der Waals surface area contributed by atoms with E-state index in [0.717, 1.165) is 92.7 Å². The first-order valence-electron chi connectivity index (χ1n) is 13.2. The van der Waals surface area contributed by atoms with Crippen LogP contribution in [0.4, 0.5) is 17.3 Å². The largest absolute Gasteiger partial charge is 0.492 e. The molecule has 196 valence electrons. The van der Waals surface area contributed by atoms with Crippen molar-refractivity contribution >= 4 is 28.2 Å². The topological polar surface area (TPSA) is 84.9 Å². The molecule has 4 aromatic rings. The molecule has 2 aliphatic rings. The Morgan fingerprint density at radius 1 is 0.816 bits per heavy atom. The van der Waals surface area contributed by atoms with Gasteiger partial charge in [0.05, 0.1) is 32.1 Å². The van der Waals surface area contributed by atoms with Crippen LogP contribution in [0.5, 0.6) is 5.75 Å². The first kappa shape index (κ1) is 24.5. The van der Waals surface area contributed by atoms with Crippen LogP contribution in [-0.4, -0.2) is 85.6 Å². The molecular weight excluding hydrogens is 480 g/mol. The summed E-state index contributed by atoms with van der Waals surface area (Å²) >= 11 is 0. The van der Waals surface area contributed by atoms with E-state index in [1.807, 2.05) is 36.5 Å². The van der Waals surface area contributed by atoms with Crippen molar-refractivity contribution in [3.05, 3.63) is 67.0 Å². The molecule has 0 saturated carbocycles. The monoisotopic (exact) mass is 512 g/mol. The number of rotatable bonds is 8. The molecule has 9 heteroatoms. The number of nitrogens with one attached hydrogen (secondary N) is 1. The molecule has 0 bridgehead atoms. The Labute approximate surface area is 222 Å². The van der Waals surface area contributed by atoms with Crippen molar-refractivity contribution < 1.29 is 14.2 Å². The van der Waals surface area contributed by atoms with Crippen molar-refractivity contribution in [2.45, 2.75) is 0 Å². The van der Waals surface area contributed by atoms with Gasteiger partial charge in [-0.1, -0.05) is 0 Å². The average molecular weight is 513 g/mol. The summed E-state index contributed by atoms with van der Waals surface area (Å²) in [5.41, 5.74) is 4.73. The minimum Gasteiger partial charge on any atom is -0.492 e. The SMILES string of the molecule is c1cc2cnc(Nc3ccc(N4CCOCC4)cc3)nc2c(-c2ccc(OCCN3CCOCC3)cc2)n1. The summed E-state index contributed by atoms with van der Waals surface area (Å²) in [7, 11) is 0. The second kappa shape index (κ2) is 11.7. The molecule has 0 unspecified atom stereocenters. The molecule has 6 rings (SSSR count). The zero-order valence-electron chi connectivity index (χ0n) is 21.4. The molecule has 4 heterocycles. The second-order valence-corrected chi connectivity index (χ2v) is 9.39. The predicted octanol–water partition coefficient (Wildman–Crippen LogP) is 3.98. The third kappa shape index (κ3) is 5.85. The minimum absolute atomic E-state index is 0.536. The fourth-order valence-corrected chi connectivity index (χ4v) is 4.76. The maximum Gasteiger partial charge on any atom is 0.227 e. The number of anilines is 3. The van der Waals surface area contributed by atoms with E-state index in [1.165, 1.54) is 5.69 Å². The predicted molar refractivity (Wildman–Crippen MR) is 148 cm³/mol. The summed E-state index contributed by atoms with van der Waals surface area (Å²) in [6, 6.07) is 18.3. The van der Waals surface area contributed by atoms with Crippen LogP contribution >= 0.6 is 0 Å². The van der Waals surface area contributed by atoms with Crippen LogP contribution in [0.2, 0.25) is 0 Å². The molecule has 0 spiro atoms. The second-order valence-electron chi connectivity index (χ2n) is 9.39. The van der Waals surface area contributed by atoms with E-state index in [1.54, 1.807) is 6.20 Å². The van der Waals surface area contributed by atoms with E-state index >= 15 is 0 Å². The molecule has 2 fully saturated rings. The molecule has 1 N–H and O–H groups in total. The highest BCUT2D eigenvalue weighted by Crippen LogP contribution is 2.28. The van der Waals surface area contributed by atoms with Gasteiger partial charge in [0.1, 0.15) is 17.9 Å². The fourth-order valence-electron chi connectivity index (χ4n) is 4.76. The van der Waals surface area contributed by atoms with Crippen molar-refractivity contribution in [2.75, 3.05) is 76.0 Å². The highest BCUT2D eigenvalue weighted by atomic mass is 16.5. The van der Waals surface area contributed by atoms with Crippen molar-refractivity contribution in [3.63, 3.8) is 0 Å². The number of hydrogen-bond acceptors (Lipinski definition) is 9. The lowest BCUT2D eigenvalue weighted by atomic mass is 10.1. The van der Waals surface area contributed by atoms with Crippen LogP contribution in [0.15, 0.2) is 67.0 Å². The summed E-state index contributed by atoms with van der Waals surface area (Å²) in [5, 5.41) is 4.28. The lowest BCUT2D eigenvalue weighted by Crippen LogP contribution is -2.38. The zero-order valence-corrected chi connectivity index (χ0v) is 21.4. The Morgan fingerprint density at radius 2 is 1.55 bits per heavy atom. The number of nitrogens with zero attached hydrogens (tertiary/aromatic N) is 5. The number of hydrogen-bond donors (Lipinski definition) is 1. The molecule has 9 nitrogen and oxygen atoms in total. The van der Waals surface area contributed by atoms with Gasteiger partial charge in [-0.2, -0.15) is 0 Å². The van der Waals surface area contributed by atoms with Crippen LogP contribution in [0.25, 0.3) is 22.2 Å². The van der Waals surface area contributed by atoms with Crippen molar-refractivity contribution in [3.8, 4) is 17.0 Å². The molecule has 2 aromatic carbocycles. The number of benzene rings is 2. The third-order valence-corrected chi connectivity index (χ3v) is 6.91. The number of ether oxygens (including phenoxy) is 3. The standard InChI is InChI=1S/C29H32N6O3/c1-7-26(38-20-13-34-11-16-36-17-12-34)8-2-22(1)27-28-23(9-10-30-27)21-31-29(33-28)32-24-3-5-25(6-4-24)35-14-18-37-19-15-35/h1-10,21H,11-20H2,(H,31,32,33). The maximum absolute atomic E-state index is 5.97. The zero-order chi connectivity index (χ0) is 25.6.